The number of nitrogens with zero attached hydrogens (tertiary/aromatic N) is 2. The lowest BCUT2D eigenvalue weighted by Crippen LogP contribution is -2.50. The number of hydrogen-bond donors (Lipinski definition) is 0. The topological polar surface area (TPSA) is 76.2 Å². The van der Waals surface area contributed by atoms with Crippen LogP contribution in [-0.2, 0) is 10.0 Å². The summed E-state index contributed by atoms with van der Waals surface area (Å²) in [6.45, 7) is 2.14. The first-order chi connectivity index (χ1) is 13.4. The molecule has 4 rings (SSSR count). The zero-order valence-corrected chi connectivity index (χ0v) is 17.4. The Kier molecular flexibility index (Phi) is 5.31. The molecule has 7 nitrogen and oxygen atoms in total. The van der Waals surface area contributed by atoms with Crippen LogP contribution in [0.15, 0.2) is 51.8 Å². The van der Waals surface area contributed by atoms with Crippen LogP contribution in [0, 0.1) is 0 Å². The molecule has 1 saturated heterocycles. The Morgan fingerprint density at radius 1 is 0.893 bits per heavy atom. The molecule has 0 radical (unpaired) electrons. The lowest BCUT2D eigenvalue weighted by Gasteiger charge is -2.34. The van der Waals surface area contributed by atoms with E-state index in [1.165, 1.54) is 4.31 Å². The molecule has 1 amide bonds. The molecule has 0 saturated carbocycles. The fraction of sp³-hybridized carbons (Fsp3) is 0.316. The average Bonchev–Trinajstić information content (AvgIpc) is 2.73. The fourth-order valence-electron chi connectivity index (χ4n) is 3.25. The predicted octanol–water partition coefficient (Wildman–Crippen LogP) is 2.37. The maximum atomic E-state index is 12.8. The second-order valence-corrected chi connectivity index (χ2v) is 9.36. The molecule has 2 aromatic rings. The van der Waals surface area contributed by atoms with Gasteiger partial charge in [-0.05, 0) is 42.5 Å². The Hall–Kier alpha value is -2.10. The summed E-state index contributed by atoms with van der Waals surface area (Å²) in [4.78, 5) is 14.7. The minimum atomic E-state index is -3.57. The summed E-state index contributed by atoms with van der Waals surface area (Å²) in [6.07, 6.45) is 0. The van der Waals surface area contributed by atoms with Gasteiger partial charge in [-0.2, -0.15) is 4.31 Å². The van der Waals surface area contributed by atoms with Crippen molar-refractivity contribution in [1.29, 1.82) is 0 Å². The Bertz CT molecular complexity index is 986. The predicted molar refractivity (Wildman–Crippen MR) is 106 cm³/mol. The second kappa shape index (κ2) is 7.73. The van der Waals surface area contributed by atoms with E-state index in [1.54, 1.807) is 47.4 Å². The van der Waals surface area contributed by atoms with Crippen molar-refractivity contribution in [2.45, 2.75) is 4.90 Å². The van der Waals surface area contributed by atoms with Gasteiger partial charge in [0.15, 0.2) is 11.5 Å². The molecule has 1 fully saturated rings. The summed E-state index contributed by atoms with van der Waals surface area (Å²) < 4.78 is 38.8. The molecule has 0 bridgehead atoms. The average molecular weight is 467 g/mol. The molecule has 2 aromatic carbocycles. The fourth-order valence-corrected chi connectivity index (χ4v) is 4.93. The van der Waals surface area contributed by atoms with Gasteiger partial charge in [0, 0.05) is 36.2 Å². The molecular formula is C19H19BrN2O5S. The molecule has 0 aromatic heterocycles. The van der Waals surface area contributed by atoms with Crippen molar-refractivity contribution in [1.82, 2.24) is 9.21 Å². The van der Waals surface area contributed by atoms with E-state index in [1.807, 2.05) is 0 Å². The monoisotopic (exact) mass is 466 g/mol. The molecule has 9 heteroatoms. The van der Waals surface area contributed by atoms with Crippen molar-refractivity contribution in [3.8, 4) is 11.5 Å². The minimum Gasteiger partial charge on any atom is -0.486 e. The van der Waals surface area contributed by atoms with Crippen LogP contribution >= 0.6 is 15.9 Å². The van der Waals surface area contributed by atoms with Gasteiger partial charge in [0.2, 0.25) is 10.0 Å². The molecule has 2 aliphatic heterocycles. The summed E-state index contributed by atoms with van der Waals surface area (Å²) in [7, 11) is -3.57. The van der Waals surface area contributed by atoms with Crippen molar-refractivity contribution in [2.75, 3.05) is 39.4 Å². The van der Waals surface area contributed by atoms with Crippen LogP contribution in [0.25, 0.3) is 0 Å². The number of carbonyl (C=O) groups is 1. The van der Waals surface area contributed by atoms with Crippen LogP contribution in [0.4, 0.5) is 0 Å². The van der Waals surface area contributed by atoms with E-state index >= 15 is 0 Å². The molecule has 148 valence electrons. The third kappa shape index (κ3) is 3.74. The maximum Gasteiger partial charge on any atom is 0.254 e. The van der Waals surface area contributed by atoms with Crippen LogP contribution in [0.5, 0.6) is 11.5 Å². The number of fused-ring (bicyclic) bond motifs is 1. The Morgan fingerprint density at radius 3 is 2.21 bits per heavy atom. The first-order valence-corrected chi connectivity index (χ1v) is 11.1. The lowest BCUT2D eigenvalue weighted by atomic mass is 10.1. The second-order valence-electron chi connectivity index (χ2n) is 6.51. The molecule has 2 aliphatic rings. The number of rotatable bonds is 3. The van der Waals surface area contributed by atoms with E-state index in [4.69, 9.17) is 9.47 Å². The van der Waals surface area contributed by atoms with E-state index < -0.39 is 10.0 Å². The molecule has 0 N–H and O–H groups in total. The molecule has 0 aliphatic carbocycles. The molecule has 28 heavy (non-hydrogen) atoms. The summed E-state index contributed by atoms with van der Waals surface area (Å²) in [5.74, 6) is 1.06. The van der Waals surface area contributed by atoms with Gasteiger partial charge in [-0.15, -0.1) is 0 Å². The molecule has 0 unspecified atom stereocenters. The number of benzene rings is 2. The van der Waals surface area contributed by atoms with Crippen molar-refractivity contribution < 1.29 is 22.7 Å². The van der Waals surface area contributed by atoms with Gasteiger partial charge < -0.3 is 14.4 Å². The summed E-state index contributed by atoms with van der Waals surface area (Å²) >= 11 is 3.31. The van der Waals surface area contributed by atoms with E-state index in [9.17, 15) is 13.2 Å². The van der Waals surface area contributed by atoms with Gasteiger partial charge >= 0.3 is 0 Å². The standard InChI is InChI=1S/C19H19BrN2O5S/c20-15-2-4-16(5-3-15)28(24,25)22-9-7-21(8-10-22)19(23)14-1-6-17-18(13-14)27-12-11-26-17/h1-6,13H,7-12H2. The third-order valence-electron chi connectivity index (χ3n) is 4.77. The summed E-state index contributed by atoms with van der Waals surface area (Å²) in [6, 6.07) is 11.7. The van der Waals surface area contributed by atoms with Crippen molar-refractivity contribution >= 4 is 31.9 Å². The van der Waals surface area contributed by atoms with Gasteiger partial charge in [0.05, 0.1) is 4.90 Å². The minimum absolute atomic E-state index is 0.141. The molecular weight excluding hydrogens is 448 g/mol. The van der Waals surface area contributed by atoms with Crippen LogP contribution < -0.4 is 9.47 Å². The highest BCUT2D eigenvalue weighted by molar-refractivity contribution is 9.10. The number of ether oxygens (including phenoxy) is 2. The maximum absolute atomic E-state index is 12.8. The lowest BCUT2D eigenvalue weighted by molar-refractivity contribution is 0.0697. The number of hydrogen-bond acceptors (Lipinski definition) is 5. The van der Waals surface area contributed by atoms with Gasteiger partial charge in [-0.1, -0.05) is 15.9 Å². The van der Waals surface area contributed by atoms with E-state index in [0.29, 0.717) is 43.4 Å². The van der Waals surface area contributed by atoms with Crippen LogP contribution in [0.3, 0.4) is 0 Å². The number of halogens is 1. The first kappa shape index (κ1) is 19.2. The quantitative estimate of drug-likeness (QED) is 0.693. The number of amides is 1. The van der Waals surface area contributed by atoms with Gasteiger partial charge in [-0.3, -0.25) is 4.79 Å². The SMILES string of the molecule is O=C(c1ccc2c(c1)OCCO2)N1CCN(S(=O)(=O)c2ccc(Br)cc2)CC1. The van der Waals surface area contributed by atoms with E-state index in [2.05, 4.69) is 15.9 Å². The van der Waals surface area contributed by atoms with E-state index in [-0.39, 0.29) is 23.9 Å². The molecule has 0 spiro atoms. The zero-order chi connectivity index (χ0) is 19.7. The molecule has 2 heterocycles. The van der Waals surface area contributed by atoms with Gasteiger partial charge in [-0.25, -0.2) is 8.42 Å². The Balaban J connectivity index is 1.44. The number of carbonyl (C=O) groups excluding carboxylic acids is 1. The van der Waals surface area contributed by atoms with Crippen LogP contribution in [-0.4, -0.2) is 62.9 Å². The highest BCUT2D eigenvalue weighted by Crippen LogP contribution is 2.31. The Labute approximate surface area is 172 Å². The van der Waals surface area contributed by atoms with Crippen molar-refractivity contribution in [3.05, 3.63) is 52.5 Å². The van der Waals surface area contributed by atoms with Gasteiger partial charge in [0.25, 0.3) is 5.91 Å². The number of sulfonamides is 1. The van der Waals surface area contributed by atoms with E-state index in [0.717, 1.165) is 4.47 Å². The number of piperazine rings is 1. The largest absolute Gasteiger partial charge is 0.486 e. The summed E-state index contributed by atoms with van der Waals surface area (Å²) in [5.41, 5.74) is 0.508. The Morgan fingerprint density at radius 2 is 1.54 bits per heavy atom. The van der Waals surface area contributed by atoms with Crippen molar-refractivity contribution in [2.24, 2.45) is 0 Å². The molecule has 0 atom stereocenters. The third-order valence-corrected chi connectivity index (χ3v) is 7.21. The normalized spacial score (nSPS) is 17.4. The van der Waals surface area contributed by atoms with Crippen molar-refractivity contribution in [3.63, 3.8) is 0 Å². The van der Waals surface area contributed by atoms with Crippen LogP contribution in [0.1, 0.15) is 10.4 Å². The van der Waals surface area contributed by atoms with Crippen LogP contribution in [0.2, 0.25) is 0 Å². The first-order valence-electron chi connectivity index (χ1n) is 8.90. The highest BCUT2D eigenvalue weighted by Gasteiger charge is 2.30. The smallest absolute Gasteiger partial charge is 0.254 e. The zero-order valence-electron chi connectivity index (χ0n) is 15.0. The summed E-state index contributed by atoms with van der Waals surface area (Å²) in [5, 5.41) is 0. The van der Waals surface area contributed by atoms with Gasteiger partial charge in [0.1, 0.15) is 13.2 Å². The highest BCUT2D eigenvalue weighted by atomic mass is 79.9.